The SMILES string of the molecule is Cc1cc(Br)cc(C)c1N1C(=O)c2cccnc2C1=O. The summed E-state index contributed by atoms with van der Waals surface area (Å²) in [4.78, 5) is 30.1. The second-order valence-electron chi connectivity index (χ2n) is 4.73. The summed E-state index contributed by atoms with van der Waals surface area (Å²) in [6.07, 6.45) is 1.52. The number of nitrogens with zero attached hydrogens (tertiary/aromatic N) is 2. The van der Waals surface area contributed by atoms with Crippen LogP contribution in [0.3, 0.4) is 0 Å². The van der Waals surface area contributed by atoms with Crippen molar-refractivity contribution in [2.45, 2.75) is 13.8 Å². The van der Waals surface area contributed by atoms with Crippen molar-refractivity contribution in [3.05, 3.63) is 57.3 Å². The molecule has 2 heterocycles. The van der Waals surface area contributed by atoms with Gasteiger partial charge in [-0.1, -0.05) is 15.9 Å². The Hall–Kier alpha value is -2.01. The fourth-order valence-corrected chi connectivity index (χ4v) is 3.21. The van der Waals surface area contributed by atoms with Crippen LogP contribution in [0.25, 0.3) is 0 Å². The second kappa shape index (κ2) is 4.52. The van der Waals surface area contributed by atoms with E-state index in [-0.39, 0.29) is 17.5 Å². The average Bonchev–Trinajstić information content (AvgIpc) is 2.64. The van der Waals surface area contributed by atoms with Crippen LogP contribution in [0.1, 0.15) is 32.0 Å². The van der Waals surface area contributed by atoms with Crippen molar-refractivity contribution >= 4 is 33.4 Å². The molecule has 0 aliphatic carbocycles. The Bertz CT molecular complexity index is 697. The number of anilines is 1. The molecule has 2 amide bonds. The Morgan fingerprint density at radius 1 is 1.10 bits per heavy atom. The van der Waals surface area contributed by atoms with Crippen molar-refractivity contribution in [2.24, 2.45) is 0 Å². The Kier molecular flexibility index (Phi) is 2.94. The minimum Gasteiger partial charge on any atom is -0.268 e. The van der Waals surface area contributed by atoms with Gasteiger partial charge in [0.2, 0.25) is 0 Å². The lowest BCUT2D eigenvalue weighted by molar-refractivity contribution is 0.0924. The van der Waals surface area contributed by atoms with E-state index in [1.54, 1.807) is 12.1 Å². The number of rotatable bonds is 1. The predicted octanol–water partition coefficient (Wildman–Crippen LogP) is 3.26. The van der Waals surface area contributed by atoms with E-state index in [9.17, 15) is 9.59 Å². The summed E-state index contributed by atoms with van der Waals surface area (Å²) < 4.78 is 0.922. The molecule has 0 spiro atoms. The Labute approximate surface area is 124 Å². The van der Waals surface area contributed by atoms with Gasteiger partial charge >= 0.3 is 0 Å². The van der Waals surface area contributed by atoms with Gasteiger partial charge in [0.15, 0.2) is 0 Å². The maximum absolute atomic E-state index is 12.5. The molecule has 1 aromatic carbocycles. The third-order valence-corrected chi connectivity index (χ3v) is 3.78. The van der Waals surface area contributed by atoms with Crippen LogP contribution in [0.5, 0.6) is 0 Å². The van der Waals surface area contributed by atoms with Gasteiger partial charge < -0.3 is 0 Å². The molecular formula is C15H11BrN2O2. The number of hydrogen-bond acceptors (Lipinski definition) is 3. The number of imide groups is 1. The zero-order chi connectivity index (χ0) is 14.4. The number of fused-ring (bicyclic) bond motifs is 1. The Morgan fingerprint density at radius 3 is 2.35 bits per heavy atom. The van der Waals surface area contributed by atoms with E-state index >= 15 is 0 Å². The van der Waals surface area contributed by atoms with Crippen molar-refractivity contribution in [2.75, 3.05) is 4.90 Å². The quantitative estimate of drug-likeness (QED) is 0.754. The van der Waals surface area contributed by atoms with Crippen LogP contribution in [0.2, 0.25) is 0 Å². The number of halogens is 1. The smallest absolute Gasteiger partial charge is 0.268 e. The van der Waals surface area contributed by atoms with E-state index in [1.807, 2.05) is 26.0 Å². The molecule has 0 saturated carbocycles. The van der Waals surface area contributed by atoms with Crippen LogP contribution in [0.15, 0.2) is 34.9 Å². The molecule has 0 unspecified atom stereocenters. The van der Waals surface area contributed by atoms with E-state index in [2.05, 4.69) is 20.9 Å². The largest absolute Gasteiger partial charge is 0.284 e. The minimum atomic E-state index is -0.362. The number of aryl methyl sites for hydroxylation is 2. The third-order valence-electron chi connectivity index (χ3n) is 3.33. The molecule has 0 radical (unpaired) electrons. The molecule has 5 heteroatoms. The van der Waals surface area contributed by atoms with Crippen LogP contribution in [0.4, 0.5) is 5.69 Å². The molecule has 0 bridgehead atoms. The highest BCUT2D eigenvalue weighted by Gasteiger charge is 2.39. The lowest BCUT2D eigenvalue weighted by Gasteiger charge is -2.19. The first kappa shape index (κ1) is 13.0. The van der Waals surface area contributed by atoms with Gasteiger partial charge in [-0.15, -0.1) is 0 Å². The van der Waals surface area contributed by atoms with Crippen LogP contribution in [-0.2, 0) is 0 Å². The first-order valence-corrected chi connectivity index (χ1v) is 6.90. The topological polar surface area (TPSA) is 50.3 Å². The lowest BCUT2D eigenvalue weighted by atomic mass is 10.1. The normalized spacial score (nSPS) is 13.8. The maximum atomic E-state index is 12.5. The monoisotopic (exact) mass is 330 g/mol. The molecule has 4 nitrogen and oxygen atoms in total. The maximum Gasteiger partial charge on any atom is 0.284 e. The average molecular weight is 331 g/mol. The van der Waals surface area contributed by atoms with Gasteiger partial charge in [0.05, 0.1) is 11.3 Å². The molecule has 0 N–H and O–H groups in total. The first-order valence-electron chi connectivity index (χ1n) is 6.11. The van der Waals surface area contributed by atoms with Crippen LogP contribution >= 0.6 is 15.9 Å². The number of carbonyl (C=O) groups excluding carboxylic acids is 2. The van der Waals surface area contributed by atoms with Crippen molar-refractivity contribution in [1.82, 2.24) is 4.98 Å². The standard InChI is InChI=1S/C15H11BrN2O2/c1-8-6-10(16)7-9(2)13(8)18-14(19)11-4-3-5-17-12(11)15(18)20/h3-7H,1-2H3. The van der Waals surface area contributed by atoms with E-state index in [0.29, 0.717) is 11.3 Å². The summed E-state index contributed by atoms with van der Waals surface area (Å²) in [5.74, 6) is -0.675. The predicted molar refractivity (Wildman–Crippen MR) is 79.0 cm³/mol. The number of benzene rings is 1. The number of aromatic nitrogens is 1. The molecule has 0 atom stereocenters. The van der Waals surface area contributed by atoms with Crippen molar-refractivity contribution in [1.29, 1.82) is 0 Å². The molecule has 2 aromatic rings. The van der Waals surface area contributed by atoms with Crippen LogP contribution in [-0.4, -0.2) is 16.8 Å². The van der Waals surface area contributed by atoms with Gasteiger partial charge in [0.1, 0.15) is 5.69 Å². The number of amides is 2. The highest BCUT2D eigenvalue weighted by atomic mass is 79.9. The second-order valence-corrected chi connectivity index (χ2v) is 5.65. The summed E-state index contributed by atoms with van der Waals surface area (Å²) in [6, 6.07) is 7.07. The minimum absolute atomic E-state index is 0.221. The van der Waals surface area contributed by atoms with Gasteiger partial charge in [-0.25, -0.2) is 4.90 Å². The van der Waals surface area contributed by atoms with Crippen molar-refractivity contribution in [3.63, 3.8) is 0 Å². The molecule has 1 aliphatic rings. The van der Waals surface area contributed by atoms with Crippen LogP contribution < -0.4 is 4.90 Å². The van der Waals surface area contributed by atoms with Crippen molar-refractivity contribution in [3.8, 4) is 0 Å². The molecule has 1 aromatic heterocycles. The highest BCUT2D eigenvalue weighted by Crippen LogP contribution is 2.33. The molecule has 0 saturated heterocycles. The van der Waals surface area contributed by atoms with Gasteiger partial charge in [-0.2, -0.15) is 0 Å². The summed E-state index contributed by atoms with van der Waals surface area (Å²) in [5, 5.41) is 0. The van der Waals surface area contributed by atoms with E-state index in [4.69, 9.17) is 0 Å². The Morgan fingerprint density at radius 2 is 1.75 bits per heavy atom. The molecular weight excluding hydrogens is 320 g/mol. The molecule has 20 heavy (non-hydrogen) atoms. The molecule has 3 rings (SSSR count). The fourth-order valence-electron chi connectivity index (χ4n) is 2.53. The molecule has 100 valence electrons. The fraction of sp³-hybridized carbons (Fsp3) is 0.133. The zero-order valence-electron chi connectivity index (χ0n) is 11.0. The van der Waals surface area contributed by atoms with Crippen LogP contribution in [0, 0.1) is 13.8 Å². The van der Waals surface area contributed by atoms with Crippen molar-refractivity contribution < 1.29 is 9.59 Å². The zero-order valence-corrected chi connectivity index (χ0v) is 12.6. The Balaban J connectivity index is 2.19. The van der Waals surface area contributed by atoms with Gasteiger partial charge in [0, 0.05) is 10.7 Å². The molecule has 1 aliphatic heterocycles. The highest BCUT2D eigenvalue weighted by molar-refractivity contribution is 9.10. The van der Waals surface area contributed by atoms with E-state index < -0.39 is 0 Å². The summed E-state index contributed by atoms with van der Waals surface area (Å²) in [6.45, 7) is 3.76. The van der Waals surface area contributed by atoms with Gasteiger partial charge in [0.25, 0.3) is 11.8 Å². The summed E-state index contributed by atoms with van der Waals surface area (Å²) in [5.41, 5.74) is 2.96. The van der Waals surface area contributed by atoms with E-state index in [1.165, 1.54) is 11.1 Å². The van der Waals surface area contributed by atoms with Gasteiger partial charge in [-0.3, -0.25) is 14.6 Å². The first-order chi connectivity index (χ1) is 9.50. The van der Waals surface area contributed by atoms with Gasteiger partial charge in [-0.05, 0) is 49.2 Å². The number of hydrogen-bond donors (Lipinski definition) is 0. The number of pyridine rings is 1. The summed E-state index contributed by atoms with van der Waals surface area (Å²) >= 11 is 3.41. The third kappa shape index (κ3) is 1.78. The van der Waals surface area contributed by atoms with E-state index in [0.717, 1.165) is 15.6 Å². The lowest BCUT2D eigenvalue weighted by Crippen LogP contribution is -2.31. The molecule has 0 fully saturated rings. The summed E-state index contributed by atoms with van der Waals surface area (Å²) in [7, 11) is 0. The number of carbonyl (C=O) groups is 2.